The van der Waals surface area contributed by atoms with Crippen LogP contribution in [0.5, 0.6) is 0 Å². The quantitative estimate of drug-likeness (QED) is 0.760. The molecular formula is C11H16N2O4. The first-order valence-corrected chi connectivity index (χ1v) is 5.17. The number of nitrogens with one attached hydrogen (secondary N) is 1. The molecule has 0 amide bonds. The Morgan fingerprint density at radius 3 is 2.53 bits per heavy atom. The molecular weight excluding hydrogens is 224 g/mol. The molecule has 6 nitrogen and oxygen atoms in total. The summed E-state index contributed by atoms with van der Waals surface area (Å²) < 4.78 is 6.13. The van der Waals surface area contributed by atoms with E-state index in [4.69, 9.17) is 4.74 Å². The SMILES string of the molecule is COC(C)(C)Cn1c(=O)[nH]cc(C(C)=O)c1=O. The molecule has 0 radical (unpaired) electrons. The Kier molecular flexibility index (Phi) is 3.67. The van der Waals surface area contributed by atoms with Crippen LogP contribution in [0.25, 0.3) is 0 Å². The molecule has 1 aromatic rings. The zero-order valence-corrected chi connectivity index (χ0v) is 10.4. The van der Waals surface area contributed by atoms with Gasteiger partial charge in [0, 0.05) is 13.3 Å². The number of carbonyl (C=O) groups is 1. The van der Waals surface area contributed by atoms with Gasteiger partial charge in [0.2, 0.25) is 0 Å². The van der Waals surface area contributed by atoms with E-state index in [1.807, 2.05) is 0 Å². The zero-order valence-electron chi connectivity index (χ0n) is 10.4. The van der Waals surface area contributed by atoms with Crippen LogP contribution in [0.15, 0.2) is 15.8 Å². The summed E-state index contributed by atoms with van der Waals surface area (Å²) in [5.41, 5.74) is -1.83. The summed E-state index contributed by atoms with van der Waals surface area (Å²) in [5.74, 6) is -0.379. The number of rotatable bonds is 4. The van der Waals surface area contributed by atoms with Gasteiger partial charge < -0.3 is 9.72 Å². The second-order valence-corrected chi connectivity index (χ2v) is 4.42. The third kappa shape index (κ3) is 2.91. The van der Waals surface area contributed by atoms with Crippen molar-refractivity contribution in [2.75, 3.05) is 7.11 Å². The lowest BCUT2D eigenvalue weighted by Crippen LogP contribution is -2.44. The monoisotopic (exact) mass is 240 g/mol. The van der Waals surface area contributed by atoms with Crippen molar-refractivity contribution < 1.29 is 9.53 Å². The molecule has 94 valence electrons. The molecule has 0 aliphatic rings. The van der Waals surface area contributed by atoms with Gasteiger partial charge in [0.25, 0.3) is 5.56 Å². The maximum atomic E-state index is 11.9. The predicted octanol–water partition coefficient (Wildman–Crippen LogP) is 0.164. The summed E-state index contributed by atoms with van der Waals surface area (Å²) in [6, 6.07) is 0. The molecule has 0 saturated heterocycles. The number of ether oxygens (including phenoxy) is 1. The standard InChI is InChI=1S/C11H16N2O4/c1-7(14)8-5-12-10(16)13(9(8)15)6-11(2,3)17-4/h5H,6H2,1-4H3,(H,12,16). The molecule has 0 bridgehead atoms. The van der Waals surface area contributed by atoms with Gasteiger partial charge in [0.15, 0.2) is 5.78 Å². The summed E-state index contributed by atoms with van der Waals surface area (Å²) in [4.78, 5) is 37.0. The van der Waals surface area contributed by atoms with Crippen LogP contribution in [0.2, 0.25) is 0 Å². The molecule has 0 aliphatic heterocycles. The number of ketones is 1. The van der Waals surface area contributed by atoms with Gasteiger partial charge in [-0.05, 0) is 20.8 Å². The number of hydrogen-bond acceptors (Lipinski definition) is 4. The Morgan fingerprint density at radius 2 is 2.06 bits per heavy atom. The van der Waals surface area contributed by atoms with Crippen LogP contribution in [0.1, 0.15) is 31.1 Å². The van der Waals surface area contributed by atoms with Crippen LogP contribution in [0.3, 0.4) is 0 Å². The molecule has 0 spiro atoms. The van der Waals surface area contributed by atoms with Gasteiger partial charge in [-0.1, -0.05) is 0 Å². The number of nitrogens with zero attached hydrogens (tertiary/aromatic N) is 1. The number of Topliss-reactive ketones (excluding diaryl/α,β-unsaturated/α-hetero) is 1. The molecule has 17 heavy (non-hydrogen) atoms. The summed E-state index contributed by atoms with van der Waals surface area (Å²) in [6.07, 6.45) is 1.14. The van der Waals surface area contributed by atoms with E-state index in [1.54, 1.807) is 13.8 Å². The third-order valence-electron chi connectivity index (χ3n) is 2.53. The third-order valence-corrected chi connectivity index (χ3v) is 2.53. The molecule has 1 N–H and O–H groups in total. The van der Waals surface area contributed by atoms with E-state index in [2.05, 4.69) is 4.98 Å². The van der Waals surface area contributed by atoms with Crippen LogP contribution in [0, 0.1) is 0 Å². The van der Waals surface area contributed by atoms with Crippen LogP contribution < -0.4 is 11.2 Å². The fourth-order valence-corrected chi connectivity index (χ4v) is 1.35. The van der Waals surface area contributed by atoms with E-state index in [-0.39, 0.29) is 17.9 Å². The van der Waals surface area contributed by atoms with Gasteiger partial charge in [-0.25, -0.2) is 4.79 Å². The van der Waals surface area contributed by atoms with Crippen molar-refractivity contribution in [3.8, 4) is 0 Å². The summed E-state index contributed by atoms with van der Waals surface area (Å²) >= 11 is 0. The average Bonchev–Trinajstić information content (AvgIpc) is 2.23. The number of methoxy groups -OCH3 is 1. The molecule has 1 aromatic heterocycles. The van der Waals surface area contributed by atoms with Crippen molar-refractivity contribution in [1.29, 1.82) is 0 Å². The highest BCUT2D eigenvalue weighted by Gasteiger charge is 2.21. The molecule has 6 heteroatoms. The van der Waals surface area contributed by atoms with E-state index >= 15 is 0 Å². The Balaban J connectivity index is 3.34. The van der Waals surface area contributed by atoms with Gasteiger partial charge >= 0.3 is 5.69 Å². The smallest absolute Gasteiger partial charge is 0.328 e. The second-order valence-electron chi connectivity index (χ2n) is 4.42. The average molecular weight is 240 g/mol. The highest BCUT2D eigenvalue weighted by atomic mass is 16.5. The molecule has 0 saturated carbocycles. The number of aromatic amines is 1. The van der Waals surface area contributed by atoms with Gasteiger partial charge in [-0.2, -0.15) is 0 Å². The van der Waals surface area contributed by atoms with Gasteiger partial charge in [0.05, 0.1) is 17.7 Å². The highest BCUT2D eigenvalue weighted by molar-refractivity contribution is 5.93. The Hall–Kier alpha value is -1.69. The largest absolute Gasteiger partial charge is 0.377 e. The van der Waals surface area contributed by atoms with Crippen LogP contribution in [0.4, 0.5) is 0 Å². The van der Waals surface area contributed by atoms with Gasteiger partial charge in [0.1, 0.15) is 0 Å². The van der Waals surface area contributed by atoms with E-state index in [0.717, 1.165) is 10.8 Å². The lowest BCUT2D eigenvalue weighted by atomic mass is 10.1. The van der Waals surface area contributed by atoms with Crippen molar-refractivity contribution in [2.24, 2.45) is 0 Å². The lowest BCUT2D eigenvalue weighted by Gasteiger charge is -2.23. The molecule has 0 atom stereocenters. The summed E-state index contributed by atoms with van der Waals surface area (Å²) in [6.45, 7) is 4.86. The molecule has 1 rings (SSSR count). The van der Waals surface area contributed by atoms with Crippen molar-refractivity contribution in [3.63, 3.8) is 0 Å². The van der Waals surface area contributed by atoms with E-state index in [1.165, 1.54) is 14.0 Å². The Labute approximate surface area is 98.2 Å². The van der Waals surface area contributed by atoms with Crippen LogP contribution in [-0.4, -0.2) is 28.0 Å². The predicted molar refractivity (Wildman–Crippen MR) is 62.4 cm³/mol. The summed E-state index contributed by atoms with van der Waals surface area (Å²) in [5, 5.41) is 0. The lowest BCUT2D eigenvalue weighted by molar-refractivity contribution is 0.00629. The van der Waals surface area contributed by atoms with Crippen LogP contribution in [-0.2, 0) is 11.3 Å². The first kappa shape index (κ1) is 13.4. The van der Waals surface area contributed by atoms with Crippen molar-refractivity contribution in [2.45, 2.75) is 32.9 Å². The first-order valence-electron chi connectivity index (χ1n) is 5.17. The number of H-pyrrole nitrogens is 1. The minimum Gasteiger partial charge on any atom is -0.377 e. The van der Waals surface area contributed by atoms with Crippen molar-refractivity contribution >= 4 is 5.78 Å². The molecule has 0 unspecified atom stereocenters. The summed E-state index contributed by atoms with van der Waals surface area (Å²) in [7, 11) is 1.49. The molecule has 0 aromatic carbocycles. The van der Waals surface area contributed by atoms with Crippen LogP contribution >= 0.6 is 0 Å². The Morgan fingerprint density at radius 1 is 1.47 bits per heavy atom. The number of carbonyl (C=O) groups excluding carboxylic acids is 1. The maximum absolute atomic E-state index is 11.9. The fourth-order valence-electron chi connectivity index (χ4n) is 1.35. The zero-order chi connectivity index (χ0) is 13.2. The maximum Gasteiger partial charge on any atom is 0.328 e. The molecule has 0 fully saturated rings. The minimum atomic E-state index is -0.660. The Bertz CT molecular complexity index is 539. The number of aromatic nitrogens is 2. The fraction of sp³-hybridized carbons (Fsp3) is 0.545. The van der Waals surface area contributed by atoms with Gasteiger partial charge in [-0.3, -0.25) is 14.2 Å². The van der Waals surface area contributed by atoms with E-state index in [0.29, 0.717) is 0 Å². The van der Waals surface area contributed by atoms with E-state index in [9.17, 15) is 14.4 Å². The van der Waals surface area contributed by atoms with Crippen molar-refractivity contribution in [1.82, 2.24) is 9.55 Å². The normalized spacial score (nSPS) is 11.5. The second kappa shape index (κ2) is 4.67. The number of hydrogen-bond donors (Lipinski definition) is 1. The molecule has 1 heterocycles. The topological polar surface area (TPSA) is 81.2 Å². The van der Waals surface area contributed by atoms with Gasteiger partial charge in [-0.15, -0.1) is 0 Å². The van der Waals surface area contributed by atoms with E-state index < -0.39 is 16.9 Å². The minimum absolute atomic E-state index is 0.0310. The highest BCUT2D eigenvalue weighted by Crippen LogP contribution is 2.08. The molecule has 0 aliphatic carbocycles. The van der Waals surface area contributed by atoms with Crippen molar-refractivity contribution in [3.05, 3.63) is 32.6 Å². The first-order chi connectivity index (χ1) is 7.78.